The fraction of sp³-hybridized carbons (Fsp3) is 0.600. The number of sulfone groups is 1. The number of hydrogen-bond acceptors (Lipinski definition) is 5. The summed E-state index contributed by atoms with van der Waals surface area (Å²) >= 11 is 3.26. The van der Waals surface area contributed by atoms with Crippen molar-refractivity contribution in [1.82, 2.24) is 9.97 Å². The standard InChI is InChI=1S/C10H16BrN3O2S/c1-7-13-8(11)5-9(14-7)12-6-10(2,3)17(4,15)16/h5H,6H2,1-4H3,(H,12,13,14). The van der Waals surface area contributed by atoms with E-state index in [-0.39, 0.29) is 0 Å². The Balaban J connectivity index is 2.81. The van der Waals surface area contributed by atoms with Gasteiger partial charge in [0.1, 0.15) is 16.2 Å². The summed E-state index contributed by atoms with van der Waals surface area (Å²) in [7, 11) is -3.11. The molecule has 1 aromatic rings. The normalized spacial score (nSPS) is 12.5. The summed E-state index contributed by atoms with van der Waals surface area (Å²) in [6, 6.07) is 1.71. The summed E-state index contributed by atoms with van der Waals surface area (Å²) in [6.45, 7) is 5.43. The van der Waals surface area contributed by atoms with E-state index in [2.05, 4.69) is 31.2 Å². The molecule has 7 heteroatoms. The molecule has 0 unspecified atom stereocenters. The second-order valence-electron chi connectivity index (χ2n) is 4.51. The lowest BCUT2D eigenvalue weighted by atomic mass is 10.2. The first-order valence-corrected chi connectivity index (χ1v) is 7.75. The van der Waals surface area contributed by atoms with Crippen LogP contribution in [0, 0.1) is 6.92 Å². The van der Waals surface area contributed by atoms with E-state index < -0.39 is 14.6 Å². The largest absolute Gasteiger partial charge is 0.368 e. The molecule has 5 nitrogen and oxygen atoms in total. The molecule has 0 atom stereocenters. The van der Waals surface area contributed by atoms with E-state index in [0.717, 1.165) is 0 Å². The minimum atomic E-state index is -3.11. The van der Waals surface area contributed by atoms with Gasteiger partial charge in [0.05, 0.1) is 4.75 Å². The lowest BCUT2D eigenvalue weighted by molar-refractivity contribution is 0.559. The number of aryl methyl sites for hydroxylation is 1. The van der Waals surface area contributed by atoms with E-state index in [9.17, 15) is 8.42 Å². The molecule has 0 aliphatic carbocycles. The van der Waals surface area contributed by atoms with Gasteiger partial charge >= 0.3 is 0 Å². The summed E-state index contributed by atoms with van der Waals surface area (Å²) in [5.74, 6) is 1.24. The van der Waals surface area contributed by atoms with Crippen LogP contribution in [0.5, 0.6) is 0 Å². The van der Waals surface area contributed by atoms with Gasteiger partial charge in [0.2, 0.25) is 0 Å². The van der Waals surface area contributed by atoms with Crippen molar-refractivity contribution >= 4 is 31.6 Å². The highest BCUT2D eigenvalue weighted by molar-refractivity contribution is 9.10. The Morgan fingerprint density at radius 3 is 2.47 bits per heavy atom. The van der Waals surface area contributed by atoms with Crippen molar-refractivity contribution in [2.45, 2.75) is 25.5 Å². The van der Waals surface area contributed by atoms with Crippen LogP contribution in [0.4, 0.5) is 5.82 Å². The van der Waals surface area contributed by atoms with Gasteiger partial charge in [-0.15, -0.1) is 0 Å². The third-order valence-corrected chi connectivity index (χ3v) is 5.06. The quantitative estimate of drug-likeness (QED) is 0.856. The van der Waals surface area contributed by atoms with Crippen molar-refractivity contribution in [3.05, 3.63) is 16.5 Å². The van der Waals surface area contributed by atoms with Gasteiger partial charge in [-0.2, -0.15) is 0 Å². The highest BCUT2D eigenvalue weighted by Crippen LogP contribution is 2.17. The van der Waals surface area contributed by atoms with Crippen LogP contribution < -0.4 is 5.32 Å². The number of rotatable bonds is 4. The molecule has 0 aliphatic rings. The number of hydrogen-bond donors (Lipinski definition) is 1. The van der Waals surface area contributed by atoms with Gasteiger partial charge in [-0.1, -0.05) is 0 Å². The zero-order valence-corrected chi connectivity index (χ0v) is 12.7. The Morgan fingerprint density at radius 1 is 1.41 bits per heavy atom. The Labute approximate surface area is 110 Å². The smallest absolute Gasteiger partial charge is 0.154 e. The molecule has 0 spiro atoms. The maximum absolute atomic E-state index is 11.5. The van der Waals surface area contributed by atoms with E-state index in [1.165, 1.54) is 6.26 Å². The van der Waals surface area contributed by atoms with Crippen LogP contribution in [0.3, 0.4) is 0 Å². The molecule has 0 saturated carbocycles. The summed E-state index contributed by atoms with van der Waals surface area (Å²) in [5, 5.41) is 3.01. The van der Waals surface area contributed by atoms with Gasteiger partial charge in [-0.3, -0.25) is 0 Å². The van der Waals surface area contributed by atoms with Gasteiger partial charge in [0, 0.05) is 18.9 Å². The molecule has 96 valence electrons. The summed E-state index contributed by atoms with van der Waals surface area (Å²) in [5.41, 5.74) is 0. The zero-order chi connectivity index (χ0) is 13.3. The Bertz CT molecular complexity index is 494. The van der Waals surface area contributed by atoms with Crippen LogP contribution in [0.15, 0.2) is 10.7 Å². The molecule has 1 heterocycles. The second-order valence-corrected chi connectivity index (χ2v) is 7.97. The molecule has 0 saturated heterocycles. The van der Waals surface area contributed by atoms with Crippen molar-refractivity contribution in [2.75, 3.05) is 18.1 Å². The van der Waals surface area contributed by atoms with E-state index in [4.69, 9.17) is 0 Å². The molecule has 0 radical (unpaired) electrons. The molecular weight excluding hydrogens is 306 g/mol. The maximum atomic E-state index is 11.5. The van der Waals surface area contributed by atoms with Crippen LogP contribution in [-0.4, -0.2) is 35.9 Å². The molecule has 0 bridgehead atoms. The third kappa shape index (κ3) is 3.92. The minimum Gasteiger partial charge on any atom is -0.368 e. The van der Waals surface area contributed by atoms with Gasteiger partial charge < -0.3 is 5.32 Å². The van der Waals surface area contributed by atoms with E-state index in [1.54, 1.807) is 26.8 Å². The highest BCUT2D eigenvalue weighted by Gasteiger charge is 2.29. The molecule has 1 N–H and O–H groups in total. The van der Waals surface area contributed by atoms with Crippen molar-refractivity contribution in [3.8, 4) is 0 Å². The fourth-order valence-electron chi connectivity index (χ4n) is 1.06. The number of halogens is 1. The molecule has 0 aromatic carbocycles. The predicted octanol–water partition coefficient (Wildman–Crippen LogP) is 1.78. The Hall–Kier alpha value is -0.690. The molecule has 0 fully saturated rings. The third-order valence-electron chi connectivity index (χ3n) is 2.51. The molecule has 0 amide bonds. The van der Waals surface area contributed by atoms with Crippen LogP contribution in [0.25, 0.3) is 0 Å². The highest BCUT2D eigenvalue weighted by atomic mass is 79.9. The lowest BCUT2D eigenvalue weighted by Gasteiger charge is -2.23. The van der Waals surface area contributed by atoms with Crippen LogP contribution in [0.1, 0.15) is 19.7 Å². The first-order chi connectivity index (χ1) is 7.62. The number of nitrogens with zero attached hydrogens (tertiary/aromatic N) is 2. The second kappa shape index (κ2) is 4.89. The van der Waals surface area contributed by atoms with Crippen molar-refractivity contribution in [3.63, 3.8) is 0 Å². The first-order valence-electron chi connectivity index (χ1n) is 5.06. The summed E-state index contributed by atoms with van der Waals surface area (Å²) in [6.07, 6.45) is 1.23. The molecule has 0 aliphatic heterocycles. The summed E-state index contributed by atoms with van der Waals surface area (Å²) in [4.78, 5) is 8.25. The first kappa shape index (κ1) is 14.4. The number of anilines is 1. The van der Waals surface area contributed by atoms with Crippen LogP contribution >= 0.6 is 15.9 Å². The predicted molar refractivity (Wildman–Crippen MR) is 71.9 cm³/mol. The Kier molecular flexibility index (Phi) is 4.14. The van der Waals surface area contributed by atoms with Gasteiger partial charge in [0.15, 0.2) is 9.84 Å². The lowest BCUT2D eigenvalue weighted by Crippen LogP contribution is -2.38. The number of nitrogens with one attached hydrogen (secondary N) is 1. The average molecular weight is 322 g/mol. The minimum absolute atomic E-state index is 0.300. The van der Waals surface area contributed by atoms with Crippen molar-refractivity contribution < 1.29 is 8.42 Å². The van der Waals surface area contributed by atoms with Gasteiger partial charge in [0.25, 0.3) is 0 Å². The Morgan fingerprint density at radius 2 is 2.00 bits per heavy atom. The van der Waals surface area contributed by atoms with Crippen molar-refractivity contribution in [2.24, 2.45) is 0 Å². The van der Waals surface area contributed by atoms with Crippen LogP contribution in [-0.2, 0) is 9.84 Å². The van der Waals surface area contributed by atoms with E-state index in [0.29, 0.717) is 22.8 Å². The topological polar surface area (TPSA) is 72.0 Å². The molecule has 1 rings (SSSR count). The fourth-order valence-corrected chi connectivity index (χ4v) is 1.86. The zero-order valence-electron chi connectivity index (χ0n) is 10.3. The number of aromatic nitrogens is 2. The SMILES string of the molecule is Cc1nc(Br)cc(NCC(C)(C)S(C)(=O)=O)n1. The molecule has 1 aromatic heterocycles. The molecule has 17 heavy (non-hydrogen) atoms. The monoisotopic (exact) mass is 321 g/mol. The van der Waals surface area contributed by atoms with Gasteiger partial charge in [-0.25, -0.2) is 18.4 Å². The summed E-state index contributed by atoms with van der Waals surface area (Å²) < 4.78 is 22.9. The van der Waals surface area contributed by atoms with Gasteiger partial charge in [-0.05, 0) is 36.7 Å². The van der Waals surface area contributed by atoms with E-state index in [1.807, 2.05) is 0 Å². The van der Waals surface area contributed by atoms with Crippen LogP contribution in [0.2, 0.25) is 0 Å². The van der Waals surface area contributed by atoms with E-state index >= 15 is 0 Å². The average Bonchev–Trinajstić information content (AvgIpc) is 2.11. The maximum Gasteiger partial charge on any atom is 0.154 e. The molecular formula is C10H16BrN3O2S. The van der Waals surface area contributed by atoms with Crippen molar-refractivity contribution in [1.29, 1.82) is 0 Å².